The van der Waals surface area contributed by atoms with Crippen LogP contribution in [0.5, 0.6) is 5.75 Å². The normalized spacial score (nSPS) is 14.4. The monoisotopic (exact) mass is 267 g/mol. The highest BCUT2D eigenvalue weighted by Crippen LogP contribution is 2.21. The fourth-order valence-electron chi connectivity index (χ4n) is 2.12. The predicted octanol–water partition coefficient (Wildman–Crippen LogP) is -0.302. The number of anilines is 1. The Hall–Kier alpha value is -2.02. The fourth-order valence-corrected chi connectivity index (χ4v) is 2.12. The van der Waals surface area contributed by atoms with Crippen LogP contribution in [0, 0.1) is 0 Å². The molecule has 2 rings (SSSR count). The van der Waals surface area contributed by atoms with Gasteiger partial charge in [0.25, 0.3) is 5.91 Å². The molecule has 0 bridgehead atoms. The zero-order valence-corrected chi connectivity index (χ0v) is 11.0. The smallest absolute Gasteiger partial charge is 0.274 e. The van der Waals surface area contributed by atoms with E-state index in [1.54, 1.807) is 29.8 Å². The number of rotatable bonds is 4. The average molecular weight is 267 g/mol. The van der Waals surface area contributed by atoms with Crippen LogP contribution in [0.15, 0.2) is 11.0 Å². The molecule has 0 unspecified atom stereocenters. The lowest BCUT2D eigenvalue weighted by atomic mass is 10.2. The van der Waals surface area contributed by atoms with Gasteiger partial charge in [-0.25, -0.2) is 0 Å². The van der Waals surface area contributed by atoms with Crippen LogP contribution in [0.4, 0.5) is 5.69 Å². The van der Waals surface area contributed by atoms with Crippen molar-refractivity contribution in [3.63, 3.8) is 0 Å². The maximum absolute atomic E-state index is 12.2. The topological polar surface area (TPSA) is 83.8 Å². The van der Waals surface area contributed by atoms with E-state index in [9.17, 15) is 14.7 Å². The molecule has 0 spiro atoms. The molecular formula is C12H17N3O4. The van der Waals surface area contributed by atoms with Crippen LogP contribution >= 0.6 is 0 Å². The van der Waals surface area contributed by atoms with Crippen LogP contribution in [-0.2, 0) is 11.3 Å². The first-order valence-corrected chi connectivity index (χ1v) is 6.02. The largest absolute Gasteiger partial charge is 0.502 e. The van der Waals surface area contributed by atoms with Gasteiger partial charge in [-0.15, -0.1) is 0 Å². The van der Waals surface area contributed by atoms with E-state index in [1.807, 2.05) is 0 Å². The van der Waals surface area contributed by atoms with Crippen LogP contribution in [0.3, 0.4) is 0 Å². The molecular weight excluding hydrogens is 250 g/mol. The quantitative estimate of drug-likeness (QED) is 0.782. The predicted molar refractivity (Wildman–Crippen MR) is 69.7 cm³/mol. The number of nitrogens with one attached hydrogen (secondary N) is 1. The summed E-state index contributed by atoms with van der Waals surface area (Å²) < 4.78 is 6.54. The van der Waals surface area contributed by atoms with Crippen LogP contribution in [0.1, 0.15) is 10.5 Å². The van der Waals surface area contributed by atoms with E-state index in [0.717, 1.165) is 0 Å². The van der Waals surface area contributed by atoms with Crippen molar-refractivity contribution in [2.75, 3.05) is 39.2 Å². The summed E-state index contributed by atoms with van der Waals surface area (Å²) >= 11 is 0. The third-order valence-corrected chi connectivity index (χ3v) is 3.19. The lowest BCUT2D eigenvalue weighted by Gasteiger charge is -2.30. The zero-order valence-electron chi connectivity index (χ0n) is 11.0. The molecule has 2 N–H and O–H groups in total. The number of pyridine rings is 1. The number of fused-ring (bicyclic) bond motifs is 1. The number of aromatic nitrogens is 1. The highest BCUT2D eigenvalue weighted by atomic mass is 16.5. The van der Waals surface area contributed by atoms with Gasteiger partial charge in [-0.3, -0.25) is 9.59 Å². The van der Waals surface area contributed by atoms with Gasteiger partial charge in [-0.2, -0.15) is 0 Å². The van der Waals surface area contributed by atoms with Crippen LogP contribution in [0.2, 0.25) is 0 Å². The standard InChI is InChI=1S/C12H17N3O4/c1-13-8-7-15-4-3-14(5-6-19-2)12(18)9(15)11(17)10(8)16/h7,13,17H,3-6H2,1-2H3. The Morgan fingerprint density at radius 1 is 1.42 bits per heavy atom. The van der Waals surface area contributed by atoms with E-state index in [2.05, 4.69) is 5.32 Å². The second-order valence-electron chi connectivity index (χ2n) is 4.30. The first-order chi connectivity index (χ1) is 9.10. The molecule has 7 nitrogen and oxygen atoms in total. The number of hydrogen-bond acceptors (Lipinski definition) is 5. The molecule has 104 valence electrons. The number of ether oxygens (including phenoxy) is 1. The molecule has 19 heavy (non-hydrogen) atoms. The molecule has 2 heterocycles. The van der Waals surface area contributed by atoms with Crippen molar-refractivity contribution in [1.82, 2.24) is 9.47 Å². The number of methoxy groups -OCH3 is 1. The summed E-state index contributed by atoms with van der Waals surface area (Å²) in [6.45, 7) is 1.93. The van der Waals surface area contributed by atoms with E-state index in [4.69, 9.17) is 4.74 Å². The minimum absolute atomic E-state index is 0.0475. The highest BCUT2D eigenvalue weighted by Gasteiger charge is 2.28. The Labute approximate surface area is 110 Å². The molecule has 1 aromatic rings. The summed E-state index contributed by atoms with van der Waals surface area (Å²) in [6, 6.07) is 0. The Morgan fingerprint density at radius 2 is 2.16 bits per heavy atom. The third-order valence-electron chi connectivity index (χ3n) is 3.19. The Balaban J connectivity index is 2.41. The summed E-state index contributed by atoms with van der Waals surface area (Å²) in [6.07, 6.45) is 1.56. The summed E-state index contributed by atoms with van der Waals surface area (Å²) in [5.41, 5.74) is -0.235. The van der Waals surface area contributed by atoms with Crippen molar-refractivity contribution in [2.24, 2.45) is 0 Å². The van der Waals surface area contributed by atoms with Crippen molar-refractivity contribution in [3.05, 3.63) is 22.1 Å². The molecule has 0 radical (unpaired) electrons. The molecule has 0 fully saturated rings. The number of carbonyl (C=O) groups excluding carboxylic acids is 1. The van der Waals surface area contributed by atoms with Gasteiger partial charge < -0.3 is 24.6 Å². The van der Waals surface area contributed by atoms with Gasteiger partial charge in [0, 0.05) is 40.0 Å². The van der Waals surface area contributed by atoms with Crippen molar-refractivity contribution in [1.29, 1.82) is 0 Å². The second kappa shape index (κ2) is 5.31. The molecule has 1 aliphatic rings. The molecule has 0 saturated carbocycles. The summed E-state index contributed by atoms with van der Waals surface area (Å²) in [5.74, 6) is -0.848. The molecule has 0 atom stereocenters. The lowest BCUT2D eigenvalue weighted by molar-refractivity contribution is 0.0634. The molecule has 1 aliphatic heterocycles. The SMILES string of the molecule is CNc1cn2c(c(O)c1=O)C(=O)N(CCOC)CC2. The maximum Gasteiger partial charge on any atom is 0.274 e. The van der Waals surface area contributed by atoms with Gasteiger partial charge >= 0.3 is 0 Å². The Kier molecular flexibility index (Phi) is 3.75. The van der Waals surface area contributed by atoms with Crippen molar-refractivity contribution < 1.29 is 14.6 Å². The highest BCUT2D eigenvalue weighted by molar-refractivity contribution is 5.96. The van der Waals surface area contributed by atoms with E-state index in [0.29, 0.717) is 26.2 Å². The maximum atomic E-state index is 12.2. The van der Waals surface area contributed by atoms with Gasteiger partial charge in [0.05, 0.1) is 6.61 Å². The molecule has 0 saturated heterocycles. The molecule has 1 amide bonds. The van der Waals surface area contributed by atoms with Gasteiger partial charge in [0.15, 0.2) is 11.4 Å². The Bertz CT molecular complexity index is 553. The van der Waals surface area contributed by atoms with Gasteiger partial charge in [-0.05, 0) is 0 Å². The summed E-state index contributed by atoms with van der Waals surface area (Å²) in [7, 11) is 3.15. The van der Waals surface area contributed by atoms with E-state index >= 15 is 0 Å². The molecule has 1 aromatic heterocycles. The van der Waals surface area contributed by atoms with E-state index < -0.39 is 11.2 Å². The van der Waals surface area contributed by atoms with Gasteiger partial charge in [-0.1, -0.05) is 0 Å². The first kappa shape index (κ1) is 13.4. The van der Waals surface area contributed by atoms with Crippen molar-refractivity contribution >= 4 is 11.6 Å². The second-order valence-corrected chi connectivity index (χ2v) is 4.30. The molecule has 0 aliphatic carbocycles. The molecule has 0 aromatic carbocycles. The van der Waals surface area contributed by atoms with Gasteiger partial charge in [0.2, 0.25) is 5.43 Å². The zero-order chi connectivity index (χ0) is 14.0. The van der Waals surface area contributed by atoms with Crippen molar-refractivity contribution in [2.45, 2.75) is 6.54 Å². The van der Waals surface area contributed by atoms with E-state index in [1.165, 1.54) is 0 Å². The van der Waals surface area contributed by atoms with Crippen LogP contribution in [0.25, 0.3) is 0 Å². The number of aromatic hydroxyl groups is 1. The number of amides is 1. The summed E-state index contributed by atoms with van der Waals surface area (Å²) in [4.78, 5) is 25.6. The number of nitrogens with zero attached hydrogens (tertiary/aromatic N) is 2. The number of hydrogen-bond donors (Lipinski definition) is 2. The minimum atomic E-state index is -0.560. The van der Waals surface area contributed by atoms with Crippen molar-refractivity contribution in [3.8, 4) is 5.75 Å². The average Bonchev–Trinajstić information content (AvgIpc) is 2.41. The van der Waals surface area contributed by atoms with Gasteiger partial charge in [0.1, 0.15) is 5.69 Å². The third kappa shape index (κ3) is 2.28. The fraction of sp³-hybridized carbons (Fsp3) is 0.500. The Morgan fingerprint density at radius 3 is 2.79 bits per heavy atom. The van der Waals surface area contributed by atoms with E-state index in [-0.39, 0.29) is 17.3 Å². The lowest BCUT2D eigenvalue weighted by Crippen LogP contribution is -2.43. The molecule has 7 heteroatoms. The summed E-state index contributed by atoms with van der Waals surface area (Å²) in [5, 5.41) is 12.6. The first-order valence-electron chi connectivity index (χ1n) is 6.02. The van der Waals surface area contributed by atoms with Crippen LogP contribution in [-0.4, -0.2) is 54.3 Å². The minimum Gasteiger partial charge on any atom is -0.502 e. The van der Waals surface area contributed by atoms with Crippen LogP contribution < -0.4 is 10.7 Å². The number of carbonyl (C=O) groups is 1.